The highest BCUT2D eigenvalue weighted by Gasteiger charge is 2.25. The standard InChI is InChI=1S/C20H36O2/c1-2-3-4-5-6-9-13-18-15-12-16-19(18)14-10-7-8-11-17-20(21)22/h2,18-19H,1,3-17H2,(H,21,22)/t18-,19-/m0/s1. The summed E-state index contributed by atoms with van der Waals surface area (Å²) < 4.78 is 0. The maximum atomic E-state index is 10.5. The van der Waals surface area contributed by atoms with E-state index in [9.17, 15) is 4.79 Å². The van der Waals surface area contributed by atoms with E-state index in [4.69, 9.17) is 5.11 Å². The first-order valence-electron chi connectivity index (χ1n) is 9.56. The van der Waals surface area contributed by atoms with Gasteiger partial charge in [-0.15, -0.1) is 6.58 Å². The van der Waals surface area contributed by atoms with Crippen LogP contribution in [0.15, 0.2) is 12.7 Å². The van der Waals surface area contributed by atoms with Crippen molar-refractivity contribution >= 4 is 5.97 Å². The SMILES string of the molecule is C=CCCCCCC[C@H]1CCC[C@@H]1CCCCCCC(=O)O. The third-order valence-electron chi connectivity index (χ3n) is 5.27. The number of aliphatic carboxylic acids is 1. The molecule has 0 radical (unpaired) electrons. The zero-order valence-corrected chi connectivity index (χ0v) is 14.4. The van der Waals surface area contributed by atoms with Gasteiger partial charge in [-0.2, -0.15) is 0 Å². The van der Waals surface area contributed by atoms with Gasteiger partial charge < -0.3 is 5.11 Å². The lowest BCUT2D eigenvalue weighted by Crippen LogP contribution is -2.08. The summed E-state index contributed by atoms with van der Waals surface area (Å²) in [5.41, 5.74) is 0. The molecule has 0 unspecified atom stereocenters. The smallest absolute Gasteiger partial charge is 0.303 e. The second kappa shape index (κ2) is 12.7. The summed E-state index contributed by atoms with van der Waals surface area (Å²) in [5, 5.41) is 8.62. The van der Waals surface area contributed by atoms with Crippen LogP contribution in [0.5, 0.6) is 0 Å². The number of allylic oxidation sites excluding steroid dienone is 1. The van der Waals surface area contributed by atoms with E-state index in [0.29, 0.717) is 6.42 Å². The lowest BCUT2D eigenvalue weighted by molar-refractivity contribution is -0.137. The van der Waals surface area contributed by atoms with Crippen LogP contribution >= 0.6 is 0 Å². The molecule has 2 heteroatoms. The number of carboxylic acids is 1. The number of unbranched alkanes of at least 4 members (excludes halogenated alkanes) is 7. The summed E-state index contributed by atoms with van der Waals surface area (Å²) in [4.78, 5) is 10.5. The Bertz CT molecular complexity index is 298. The van der Waals surface area contributed by atoms with Gasteiger partial charge in [0.2, 0.25) is 0 Å². The average Bonchev–Trinajstić information content (AvgIpc) is 2.93. The van der Waals surface area contributed by atoms with Crippen molar-refractivity contribution in [1.82, 2.24) is 0 Å². The van der Waals surface area contributed by atoms with Crippen LogP contribution in [0.25, 0.3) is 0 Å². The zero-order valence-electron chi connectivity index (χ0n) is 14.4. The Labute approximate surface area is 137 Å². The van der Waals surface area contributed by atoms with Crippen LogP contribution in [0.4, 0.5) is 0 Å². The molecular weight excluding hydrogens is 272 g/mol. The van der Waals surface area contributed by atoms with Crippen molar-refractivity contribution < 1.29 is 9.90 Å². The van der Waals surface area contributed by atoms with Crippen molar-refractivity contribution in [3.63, 3.8) is 0 Å². The lowest BCUT2D eigenvalue weighted by atomic mass is 9.86. The number of hydrogen-bond donors (Lipinski definition) is 1. The van der Waals surface area contributed by atoms with E-state index in [1.165, 1.54) is 77.0 Å². The van der Waals surface area contributed by atoms with Crippen LogP contribution in [-0.4, -0.2) is 11.1 Å². The molecule has 0 aromatic rings. The Hall–Kier alpha value is -0.790. The molecule has 0 heterocycles. The van der Waals surface area contributed by atoms with Gasteiger partial charge in [-0.1, -0.05) is 76.7 Å². The first kappa shape index (κ1) is 19.3. The average molecular weight is 309 g/mol. The quantitative estimate of drug-likeness (QED) is 0.300. The minimum Gasteiger partial charge on any atom is -0.481 e. The van der Waals surface area contributed by atoms with E-state index in [1.54, 1.807) is 0 Å². The van der Waals surface area contributed by atoms with Gasteiger partial charge in [0.1, 0.15) is 0 Å². The summed E-state index contributed by atoms with van der Waals surface area (Å²) in [7, 11) is 0. The lowest BCUT2D eigenvalue weighted by Gasteiger charge is -2.19. The van der Waals surface area contributed by atoms with E-state index in [2.05, 4.69) is 6.58 Å². The van der Waals surface area contributed by atoms with Crippen molar-refractivity contribution in [2.45, 2.75) is 96.3 Å². The van der Waals surface area contributed by atoms with E-state index in [1.807, 2.05) is 6.08 Å². The van der Waals surface area contributed by atoms with E-state index in [-0.39, 0.29) is 0 Å². The molecule has 0 aromatic carbocycles. The summed E-state index contributed by atoms with van der Waals surface area (Å²) in [6.45, 7) is 3.78. The maximum Gasteiger partial charge on any atom is 0.303 e. The molecule has 0 amide bonds. The fourth-order valence-corrected chi connectivity index (χ4v) is 3.96. The molecule has 0 saturated heterocycles. The summed E-state index contributed by atoms with van der Waals surface area (Å²) in [6.07, 6.45) is 20.7. The fourth-order valence-electron chi connectivity index (χ4n) is 3.96. The summed E-state index contributed by atoms with van der Waals surface area (Å²) >= 11 is 0. The van der Waals surface area contributed by atoms with Gasteiger partial charge in [0.05, 0.1) is 0 Å². The minimum absolute atomic E-state index is 0.345. The predicted molar refractivity (Wildman–Crippen MR) is 94.1 cm³/mol. The van der Waals surface area contributed by atoms with Crippen LogP contribution in [0, 0.1) is 11.8 Å². The van der Waals surface area contributed by atoms with Crippen LogP contribution in [0.3, 0.4) is 0 Å². The van der Waals surface area contributed by atoms with Crippen molar-refractivity contribution in [3.8, 4) is 0 Å². The normalized spacial score (nSPS) is 21.1. The van der Waals surface area contributed by atoms with Crippen molar-refractivity contribution in [1.29, 1.82) is 0 Å². The monoisotopic (exact) mass is 308 g/mol. The maximum absolute atomic E-state index is 10.5. The fraction of sp³-hybridized carbons (Fsp3) is 0.850. The second-order valence-electron chi connectivity index (χ2n) is 7.08. The van der Waals surface area contributed by atoms with Gasteiger partial charge in [0, 0.05) is 6.42 Å². The van der Waals surface area contributed by atoms with E-state index < -0.39 is 5.97 Å². The molecule has 128 valence electrons. The Morgan fingerprint density at radius 3 is 2.00 bits per heavy atom. The summed E-state index contributed by atoms with van der Waals surface area (Å²) in [6, 6.07) is 0. The molecule has 0 aromatic heterocycles. The van der Waals surface area contributed by atoms with Crippen molar-refractivity contribution in [2.24, 2.45) is 11.8 Å². The molecule has 1 N–H and O–H groups in total. The van der Waals surface area contributed by atoms with Gasteiger partial charge >= 0.3 is 5.97 Å². The van der Waals surface area contributed by atoms with Crippen LogP contribution in [0.1, 0.15) is 96.3 Å². The van der Waals surface area contributed by atoms with Gasteiger partial charge in [0.15, 0.2) is 0 Å². The predicted octanol–water partition coefficient (Wildman–Crippen LogP) is 6.35. The third-order valence-corrected chi connectivity index (χ3v) is 5.27. The molecule has 1 rings (SSSR count). The summed E-state index contributed by atoms with van der Waals surface area (Å²) in [5.74, 6) is 1.30. The first-order valence-corrected chi connectivity index (χ1v) is 9.56. The van der Waals surface area contributed by atoms with Gasteiger partial charge in [-0.05, 0) is 31.1 Å². The largest absolute Gasteiger partial charge is 0.481 e. The minimum atomic E-state index is -0.649. The third kappa shape index (κ3) is 9.27. The zero-order chi connectivity index (χ0) is 16.0. The van der Waals surface area contributed by atoms with Crippen molar-refractivity contribution in [3.05, 3.63) is 12.7 Å². The van der Waals surface area contributed by atoms with Gasteiger partial charge in [-0.3, -0.25) is 4.79 Å². The van der Waals surface area contributed by atoms with Gasteiger partial charge in [0.25, 0.3) is 0 Å². The van der Waals surface area contributed by atoms with Crippen LogP contribution in [-0.2, 0) is 4.79 Å². The highest BCUT2D eigenvalue weighted by atomic mass is 16.4. The highest BCUT2D eigenvalue weighted by molar-refractivity contribution is 5.66. The molecule has 1 aliphatic carbocycles. The molecule has 2 nitrogen and oxygen atoms in total. The molecule has 1 fully saturated rings. The first-order chi connectivity index (χ1) is 10.7. The molecule has 22 heavy (non-hydrogen) atoms. The number of carbonyl (C=O) groups is 1. The Morgan fingerprint density at radius 2 is 1.45 bits per heavy atom. The Kier molecular flexibility index (Phi) is 11.1. The number of hydrogen-bond acceptors (Lipinski definition) is 1. The number of rotatable bonds is 14. The molecule has 1 aliphatic rings. The molecule has 0 bridgehead atoms. The van der Waals surface area contributed by atoms with Crippen LogP contribution < -0.4 is 0 Å². The van der Waals surface area contributed by atoms with E-state index in [0.717, 1.165) is 24.7 Å². The number of carboxylic acid groups (broad SMARTS) is 1. The van der Waals surface area contributed by atoms with E-state index >= 15 is 0 Å². The second-order valence-corrected chi connectivity index (χ2v) is 7.08. The Balaban J connectivity index is 2.00. The molecule has 0 aliphatic heterocycles. The van der Waals surface area contributed by atoms with Crippen LogP contribution in [0.2, 0.25) is 0 Å². The highest BCUT2D eigenvalue weighted by Crippen LogP contribution is 2.38. The molecule has 1 saturated carbocycles. The topological polar surface area (TPSA) is 37.3 Å². The van der Waals surface area contributed by atoms with Crippen molar-refractivity contribution in [2.75, 3.05) is 0 Å². The van der Waals surface area contributed by atoms with Gasteiger partial charge in [-0.25, -0.2) is 0 Å². The Morgan fingerprint density at radius 1 is 0.909 bits per heavy atom. The molecular formula is C20H36O2. The molecule has 2 atom stereocenters. The molecule has 0 spiro atoms.